The predicted molar refractivity (Wildman–Crippen MR) is 88.5 cm³/mol. The van der Waals surface area contributed by atoms with Gasteiger partial charge in [0, 0.05) is 23.0 Å². The molecule has 1 fully saturated rings. The highest BCUT2D eigenvalue weighted by molar-refractivity contribution is 6.08. The number of benzene rings is 2. The van der Waals surface area contributed by atoms with Gasteiger partial charge < -0.3 is 15.4 Å². The molecule has 1 heterocycles. The van der Waals surface area contributed by atoms with Crippen LogP contribution in [0.2, 0.25) is 0 Å². The lowest BCUT2D eigenvalue weighted by Crippen LogP contribution is -2.51. The Morgan fingerprint density at radius 2 is 2.00 bits per heavy atom. The SMILES string of the molecule is COc1ccc(C(=O)NC2CCCNC2C)c2ccccc12. The molecule has 0 radical (unpaired) electrons. The van der Waals surface area contributed by atoms with Crippen molar-refractivity contribution < 1.29 is 9.53 Å². The third kappa shape index (κ3) is 2.79. The molecule has 0 aromatic heterocycles. The van der Waals surface area contributed by atoms with E-state index in [2.05, 4.69) is 17.6 Å². The van der Waals surface area contributed by atoms with Crippen LogP contribution in [0.4, 0.5) is 0 Å². The van der Waals surface area contributed by atoms with Crippen molar-refractivity contribution in [3.8, 4) is 5.75 Å². The molecular weight excluding hydrogens is 276 g/mol. The highest BCUT2D eigenvalue weighted by Gasteiger charge is 2.23. The summed E-state index contributed by atoms with van der Waals surface area (Å²) in [6.07, 6.45) is 2.12. The molecule has 3 rings (SSSR count). The number of amides is 1. The maximum absolute atomic E-state index is 12.7. The van der Waals surface area contributed by atoms with Crippen LogP contribution < -0.4 is 15.4 Å². The maximum atomic E-state index is 12.7. The molecule has 2 N–H and O–H groups in total. The van der Waals surface area contributed by atoms with E-state index in [4.69, 9.17) is 4.74 Å². The van der Waals surface area contributed by atoms with Gasteiger partial charge in [0.1, 0.15) is 5.75 Å². The number of hydrogen-bond donors (Lipinski definition) is 2. The Balaban J connectivity index is 1.91. The number of rotatable bonds is 3. The van der Waals surface area contributed by atoms with Crippen molar-refractivity contribution in [1.82, 2.24) is 10.6 Å². The quantitative estimate of drug-likeness (QED) is 0.916. The van der Waals surface area contributed by atoms with Gasteiger partial charge in [0.2, 0.25) is 0 Å². The molecule has 2 atom stereocenters. The standard InChI is InChI=1S/C18H22N2O2/c1-12-16(8-5-11-19-12)20-18(21)15-9-10-17(22-2)14-7-4-3-6-13(14)15/h3-4,6-7,9-10,12,16,19H,5,8,11H2,1-2H3,(H,20,21). The fraction of sp³-hybridized carbons (Fsp3) is 0.389. The second-order valence-corrected chi connectivity index (χ2v) is 5.83. The van der Waals surface area contributed by atoms with Gasteiger partial charge in [0.15, 0.2) is 0 Å². The molecule has 4 heteroatoms. The predicted octanol–water partition coefficient (Wildman–Crippen LogP) is 2.72. The van der Waals surface area contributed by atoms with E-state index in [0.29, 0.717) is 11.6 Å². The van der Waals surface area contributed by atoms with Gasteiger partial charge in [-0.1, -0.05) is 24.3 Å². The monoisotopic (exact) mass is 298 g/mol. The van der Waals surface area contributed by atoms with Crippen molar-refractivity contribution in [2.45, 2.75) is 31.8 Å². The van der Waals surface area contributed by atoms with E-state index in [9.17, 15) is 4.79 Å². The average molecular weight is 298 g/mol. The van der Waals surface area contributed by atoms with Gasteiger partial charge in [-0.2, -0.15) is 0 Å². The summed E-state index contributed by atoms with van der Waals surface area (Å²) in [7, 11) is 1.65. The van der Waals surface area contributed by atoms with Gasteiger partial charge in [0.05, 0.1) is 7.11 Å². The van der Waals surface area contributed by atoms with E-state index in [0.717, 1.165) is 35.9 Å². The van der Waals surface area contributed by atoms with Crippen LogP contribution in [0.5, 0.6) is 5.75 Å². The van der Waals surface area contributed by atoms with Gasteiger partial charge in [0.25, 0.3) is 5.91 Å². The van der Waals surface area contributed by atoms with E-state index in [-0.39, 0.29) is 11.9 Å². The van der Waals surface area contributed by atoms with Crippen LogP contribution in [-0.4, -0.2) is 31.6 Å². The van der Waals surface area contributed by atoms with Gasteiger partial charge in [-0.15, -0.1) is 0 Å². The van der Waals surface area contributed by atoms with E-state index < -0.39 is 0 Å². The summed E-state index contributed by atoms with van der Waals surface area (Å²) in [5.74, 6) is 0.777. The van der Waals surface area contributed by atoms with Gasteiger partial charge in [-0.05, 0) is 43.8 Å². The lowest BCUT2D eigenvalue weighted by molar-refractivity contribution is 0.0921. The molecule has 0 spiro atoms. The summed E-state index contributed by atoms with van der Waals surface area (Å²) >= 11 is 0. The molecule has 1 amide bonds. The van der Waals surface area contributed by atoms with Crippen LogP contribution >= 0.6 is 0 Å². The second kappa shape index (κ2) is 6.36. The second-order valence-electron chi connectivity index (χ2n) is 5.83. The zero-order valence-electron chi connectivity index (χ0n) is 13.1. The Hall–Kier alpha value is -2.07. The molecule has 4 nitrogen and oxygen atoms in total. The Morgan fingerprint density at radius 1 is 1.23 bits per heavy atom. The number of ether oxygens (including phenoxy) is 1. The third-order valence-electron chi connectivity index (χ3n) is 4.43. The molecule has 1 saturated heterocycles. The number of fused-ring (bicyclic) bond motifs is 1. The van der Waals surface area contributed by atoms with Crippen LogP contribution in [0.3, 0.4) is 0 Å². The van der Waals surface area contributed by atoms with Crippen molar-refractivity contribution in [3.05, 3.63) is 42.0 Å². The van der Waals surface area contributed by atoms with Crippen LogP contribution in [-0.2, 0) is 0 Å². The Bertz CT molecular complexity index is 684. The molecule has 0 aliphatic carbocycles. The van der Waals surface area contributed by atoms with E-state index in [1.165, 1.54) is 0 Å². The molecule has 22 heavy (non-hydrogen) atoms. The van der Waals surface area contributed by atoms with Crippen molar-refractivity contribution >= 4 is 16.7 Å². The first kappa shape index (κ1) is 14.9. The van der Waals surface area contributed by atoms with Crippen LogP contribution in [0.25, 0.3) is 10.8 Å². The summed E-state index contributed by atoms with van der Waals surface area (Å²) in [6, 6.07) is 12.1. The zero-order valence-corrected chi connectivity index (χ0v) is 13.1. The number of carbonyl (C=O) groups excluding carboxylic acids is 1. The van der Waals surface area contributed by atoms with E-state index >= 15 is 0 Å². The molecule has 0 saturated carbocycles. The number of carbonyl (C=O) groups is 1. The first-order valence-electron chi connectivity index (χ1n) is 7.80. The first-order valence-corrected chi connectivity index (χ1v) is 7.80. The highest BCUT2D eigenvalue weighted by atomic mass is 16.5. The summed E-state index contributed by atoms with van der Waals surface area (Å²) in [4.78, 5) is 12.7. The normalized spacial score (nSPS) is 21.5. The molecule has 2 aromatic carbocycles. The molecular formula is C18H22N2O2. The summed E-state index contributed by atoms with van der Waals surface area (Å²) in [5, 5.41) is 8.47. The summed E-state index contributed by atoms with van der Waals surface area (Å²) < 4.78 is 5.39. The Kier molecular flexibility index (Phi) is 4.29. The topological polar surface area (TPSA) is 50.4 Å². The van der Waals surface area contributed by atoms with E-state index in [1.807, 2.05) is 36.4 Å². The molecule has 1 aliphatic rings. The fourth-order valence-electron chi connectivity index (χ4n) is 3.13. The number of methoxy groups -OCH3 is 1. The van der Waals surface area contributed by atoms with Gasteiger partial charge >= 0.3 is 0 Å². The third-order valence-corrected chi connectivity index (χ3v) is 4.43. The van der Waals surface area contributed by atoms with Crippen LogP contribution in [0, 0.1) is 0 Å². The zero-order chi connectivity index (χ0) is 15.5. The molecule has 0 bridgehead atoms. The number of nitrogens with one attached hydrogen (secondary N) is 2. The highest BCUT2D eigenvalue weighted by Crippen LogP contribution is 2.28. The number of piperidine rings is 1. The van der Waals surface area contributed by atoms with Crippen LogP contribution in [0.1, 0.15) is 30.1 Å². The molecule has 2 aromatic rings. The van der Waals surface area contributed by atoms with Crippen molar-refractivity contribution in [3.63, 3.8) is 0 Å². The minimum absolute atomic E-state index is 0.0144. The molecule has 1 aliphatic heterocycles. The van der Waals surface area contributed by atoms with E-state index in [1.54, 1.807) is 7.11 Å². The van der Waals surface area contributed by atoms with Gasteiger partial charge in [-0.3, -0.25) is 4.79 Å². The smallest absolute Gasteiger partial charge is 0.252 e. The minimum atomic E-state index is -0.0144. The average Bonchev–Trinajstić information content (AvgIpc) is 2.56. The van der Waals surface area contributed by atoms with Crippen molar-refractivity contribution in [2.75, 3.05) is 13.7 Å². The Morgan fingerprint density at radius 3 is 2.73 bits per heavy atom. The lowest BCUT2D eigenvalue weighted by Gasteiger charge is -2.30. The van der Waals surface area contributed by atoms with Crippen LogP contribution in [0.15, 0.2) is 36.4 Å². The maximum Gasteiger partial charge on any atom is 0.252 e. The summed E-state index contributed by atoms with van der Waals surface area (Å²) in [5.41, 5.74) is 0.703. The van der Waals surface area contributed by atoms with Crippen molar-refractivity contribution in [1.29, 1.82) is 0 Å². The molecule has 116 valence electrons. The van der Waals surface area contributed by atoms with Gasteiger partial charge in [-0.25, -0.2) is 0 Å². The summed E-state index contributed by atoms with van der Waals surface area (Å²) in [6.45, 7) is 3.15. The number of hydrogen-bond acceptors (Lipinski definition) is 3. The fourth-order valence-corrected chi connectivity index (χ4v) is 3.13. The molecule has 2 unspecified atom stereocenters. The minimum Gasteiger partial charge on any atom is -0.496 e. The largest absolute Gasteiger partial charge is 0.496 e. The van der Waals surface area contributed by atoms with Crippen molar-refractivity contribution in [2.24, 2.45) is 0 Å². The first-order chi connectivity index (χ1) is 10.7. The Labute approximate surface area is 130 Å². The lowest BCUT2D eigenvalue weighted by atomic mass is 9.98.